The summed E-state index contributed by atoms with van der Waals surface area (Å²) in [7, 11) is 0. The normalized spacial score (nSPS) is 15.4. The SMILES string of the molecule is CC(C)(C)n1nnnc1SCC(=O)Nc1ccc(N2CCCCCC2)cc1. The maximum Gasteiger partial charge on any atom is 0.234 e. The highest BCUT2D eigenvalue weighted by molar-refractivity contribution is 7.99. The van der Waals surface area contributed by atoms with Crippen LogP contribution < -0.4 is 10.2 Å². The van der Waals surface area contributed by atoms with Gasteiger partial charge in [0.2, 0.25) is 11.1 Å². The van der Waals surface area contributed by atoms with Crippen molar-refractivity contribution in [1.29, 1.82) is 0 Å². The van der Waals surface area contributed by atoms with Crippen LogP contribution in [0.4, 0.5) is 11.4 Å². The number of rotatable bonds is 5. The average molecular weight is 389 g/mol. The van der Waals surface area contributed by atoms with Crippen molar-refractivity contribution in [3.8, 4) is 0 Å². The zero-order chi connectivity index (χ0) is 19.3. The average Bonchev–Trinajstić information content (AvgIpc) is 2.95. The number of anilines is 2. The number of hydrogen-bond donors (Lipinski definition) is 1. The molecule has 1 aliphatic rings. The third-order valence-corrected chi connectivity index (χ3v) is 5.45. The van der Waals surface area contributed by atoms with E-state index in [1.807, 2.05) is 32.9 Å². The molecule has 27 heavy (non-hydrogen) atoms. The molecule has 146 valence electrons. The second kappa shape index (κ2) is 8.73. The van der Waals surface area contributed by atoms with E-state index in [0.29, 0.717) is 5.16 Å². The molecule has 8 heteroatoms. The Bertz CT molecular complexity index is 744. The lowest BCUT2D eigenvalue weighted by molar-refractivity contribution is -0.113. The Labute approximate surface area is 164 Å². The Kier molecular flexibility index (Phi) is 6.36. The summed E-state index contributed by atoms with van der Waals surface area (Å²) in [6.07, 6.45) is 5.15. The highest BCUT2D eigenvalue weighted by Crippen LogP contribution is 2.23. The number of carbonyl (C=O) groups excluding carboxylic acids is 1. The molecular weight excluding hydrogens is 360 g/mol. The molecule has 2 aromatic rings. The van der Waals surface area contributed by atoms with Crippen molar-refractivity contribution in [2.24, 2.45) is 0 Å². The summed E-state index contributed by atoms with van der Waals surface area (Å²) in [4.78, 5) is 14.7. The summed E-state index contributed by atoms with van der Waals surface area (Å²) < 4.78 is 1.74. The van der Waals surface area contributed by atoms with Gasteiger partial charge in [0.1, 0.15) is 0 Å². The van der Waals surface area contributed by atoms with Crippen molar-refractivity contribution >= 4 is 29.0 Å². The van der Waals surface area contributed by atoms with Gasteiger partial charge in [0.15, 0.2) is 0 Å². The summed E-state index contributed by atoms with van der Waals surface area (Å²) in [5.74, 6) is 0.204. The van der Waals surface area contributed by atoms with E-state index in [9.17, 15) is 4.79 Å². The van der Waals surface area contributed by atoms with Gasteiger partial charge in [-0.15, -0.1) is 5.10 Å². The molecular formula is C19H28N6OS. The number of hydrogen-bond acceptors (Lipinski definition) is 6. The van der Waals surface area contributed by atoms with Crippen LogP contribution in [-0.2, 0) is 10.3 Å². The molecule has 0 atom stereocenters. The maximum absolute atomic E-state index is 12.3. The Balaban J connectivity index is 1.53. The van der Waals surface area contributed by atoms with Crippen LogP contribution in [0.3, 0.4) is 0 Å². The molecule has 0 spiro atoms. The molecule has 1 amide bonds. The second-order valence-electron chi connectivity index (χ2n) is 7.83. The van der Waals surface area contributed by atoms with Gasteiger partial charge in [-0.25, -0.2) is 4.68 Å². The van der Waals surface area contributed by atoms with Crippen molar-refractivity contribution in [2.75, 3.05) is 29.1 Å². The van der Waals surface area contributed by atoms with Crippen LogP contribution in [0.1, 0.15) is 46.5 Å². The zero-order valence-corrected chi connectivity index (χ0v) is 17.1. The van der Waals surface area contributed by atoms with E-state index in [-0.39, 0.29) is 17.2 Å². The minimum atomic E-state index is -0.217. The minimum absolute atomic E-state index is 0.0639. The van der Waals surface area contributed by atoms with E-state index >= 15 is 0 Å². The Morgan fingerprint density at radius 2 is 1.78 bits per heavy atom. The molecule has 0 saturated carbocycles. The maximum atomic E-state index is 12.3. The van der Waals surface area contributed by atoms with Gasteiger partial charge in [-0.2, -0.15) is 0 Å². The van der Waals surface area contributed by atoms with Gasteiger partial charge >= 0.3 is 0 Å². The van der Waals surface area contributed by atoms with E-state index in [4.69, 9.17) is 0 Å². The fourth-order valence-corrected chi connectivity index (χ4v) is 3.96. The molecule has 7 nitrogen and oxygen atoms in total. The van der Waals surface area contributed by atoms with E-state index in [2.05, 4.69) is 37.9 Å². The van der Waals surface area contributed by atoms with Gasteiger partial charge < -0.3 is 10.2 Å². The van der Waals surface area contributed by atoms with Crippen LogP contribution in [0.5, 0.6) is 0 Å². The summed E-state index contributed by atoms with van der Waals surface area (Å²) in [5.41, 5.74) is 1.83. The molecule has 1 fully saturated rings. The fourth-order valence-electron chi connectivity index (χ4n) is 3.10. The summed E-state index contributed by atoms with van der Waals surface area (Å²) >= 11 is 1.34. The molecule has 1 aromatic carbocycles. The van der Waals surface area contributed by atoms with E-state index in [1.54, 1.807) is 4.68 Å². The molecule has 0 unspecified atom stereocenters. The molecule has 0 aliphatic carbocycles. The number of aromatic nitrogens is 4. The number of thioether (sulfide) groups is 1. The first-order valence-electron chi connectivity index (χ1n) is 9.50. The first-order chi connectivity index (χ1) is 12.9. The Hall–Kier alpha value is -2.09. The first-order valence-corrected chi connectivity index (χ1v) is 10.5. The lowest BCUT2D eigenvalue weighted by Crippen LogP contribution is -2.25. The molecule has 0 bridgehead atoms. The molecule has 1 N–H and O–H groups in total. The van der Waals surface area contributed by atoms with Crippen LogP contribution in [0, 0.1) is 0 Å². The number of amides is 1. The highest BCUT2D eigenvalue weighted by atomic mass is 32.2. The number of tetrazole rings is 1. The standard InChI is InChI=1S/C19H28N6OS/c1-19(2,3)25-18(21-22-23-25)27-14-17(26)20-15-8-10-16(11-9-15)24-12-6-4-5-7-13-24/h8-11H,4-7,12-14H2,1-3H3,(H,20,26). The van der Waals surface area contributed by atoms with Crippen molar-refractivity contribution in [1.82, 2.24) is 20.2 Å². The predicted molar refractivity (Wildman–Crippen MR) is 109 cm³/mol. The largest absolute Gasteiger partial charge is 0.372 e. The second-order valence-corrected chi connectivity index (χ2v) is 8.77. The van der Waals surface area contributed by atoms with Crippen molar-refractivity contribution in [2.45, 2.75) is 57.1 Å². The summed E-state index contributed by atoms with van der Waals surface area (Å²) in [6.45, 7) is 8.31. The quantitative estimate of drug-likeness (QED) is 0.790. The number of nitrogens with zero attached hydrogens (tertiary/aromatic N) is 5. The van der Waals surface area contributed by atoms with Gasteiger partial charge in [-0.05, 0) is 68.3 Å². The third kappa shape index (κ3) is 5.45. The molecule has 1 aliphatic heterocycles. The van der Waals surface area contributed by atoms with Gasteiger partial charge in [0, 0.05) is 24.5 Å². The van der Waals surface area contributed by atoms with Gasteiger partial charge in [-0.1, -0.05) is 24.6 Å². The van der Waals surface area contributed by atoms with Gasteiger partial charge in [-0.3, -0.25) is 4.79 Å². The number of benzene rings is 1. The van der Waals surface area contributed by atoms with Crippen LogP contribution in [0.15, 0.2) is 29.4 Å². The van der Waals surface area contributed by atoms with E-state index in [1.165, 1.54) is 43.1 Å². The van der Waals surface area contributed by atoms with Crippen molar-refractivity contribution in [3.05, 3.63) is 24.3 Å². The molecule has 1 saturated heterocycles. The highest BCUT2D eigenvalue weighted by Gasteiger charge is 2.20. The number of nitrogens with one attached hydrogen (secondary N) is 1. The lowest BCUT2D eigenvalue weighted by atomic mass is 10.1. The van der Waals surface area contributed by atoms with Crippen molar-refractivity contribution in [3.63, 3.8) is 0 Å². The minimum Gasteiger partial charge on any atom is -0.372 e. The smallest absolute Gasteiger partial charge is 0.234 e. The number of carbonyl (C=O) groups is 1. The Morgan fingerprint density at radius 3 is 2.41 bits per heavy atom. The summed E-state index contributed by atoms with van der Waals surface area (Å²) in [6, 6.07) is 8.13. The Morgan fingerprint density at radius 1 is 1.11 bits per heavy atom. The molecule has 2 heterocycles. The zero-order valence-electron chi connectivity index (χ0n) is 16.3. The molecule has 1 aromatic heterocycles. The fraction of sp³-hybridized carbons (Fsp3) is 0.579. The van der Waals surface area contributed by atoms with Crippen LogP contribution >= 0.6 is 11.8 Å². The lowest BCUT2D eigenvalue weighted by Gasteiger charge is -2.22. The van der Waals surface area contributed by atoms with Crippen LogP contribution in [-0.4, -0.2) is 45.0 Å². The van der Waals surface area contributed by atoms with Gasteiger partial charge in [0.05, 0.1) is 11.3 Å². The predicted octanol–water partition coefficient (Wildman–Crippen LogP) is 3.54. The van der Waals surface area contributed by atoms with Crippen LogP contribution in [0.2, 0.25) is 0 Å². The van der Waals surface area contributed by atoms with Crippen molar-refractivity contribution < 1.29 is 4.79 Å². The third-order valence-electron chi connectivity index (χ3n) is 4.53. The van der Waals surface area contributed by atoms with E-state index in [0.717, 1.165) is 18.8 Å². The van der Waals surface area contributed by atoms with E-state index < -0.39 is 0 Å². The van der Waals surface area contributed by atoms with Gasteiger partial charge in [0.25, 0.3) is 0 Å². The topological polar surface area (TPSA) is 75.9 Å². The monoisotopic (exact) mass is 388 g/mol. The van der Waals surface area contributed by atoms with Crippen LogP contribution in [0.25, 0.3) is 0 Å². The molecule has 3 rings (SSSR count). The summed E-state index contributed by atoms with van der Waals surface area (Å²) in [5, 5.41) is 15.3. The first kappa shape index (κ1) is 19.7. The molecule has 0 radical (unpaired) electrons.